The molecule has 0 aromatic heterocycles. The number of halogens is 7. The van der Waals surface area contributed by atoms with Crippen LogP contribution in [0.15, 0.2) is 53.2 Å². The summed E-state index contributed by atoms with van der Waals surface area (Å²) in [4.78, 5) is 6.16. The Bertz CT molecular complexity index is 1150. The van der Waals surface area contributed by atoms with Gasteiger partial charge in [-0.15, -0.1) is 13.2 Å². The van der Waals surface area contributed by atoms with Crippen LogP contribution in [0.3, 0.4) is 0 Å². The first-order valence-electron chi connectivity index (χ1n) is 11.0. The van der Waals surface area contributed by atoms with Gasteiger partial charge in [0.25, 0.3) is 0 Å². The summed E-state index contributed by atoms with van der Waals surface area (Å²) in [5.41, 5.74) is -1.14. The third-order valence-corrected chi connectivity index (χ3v) is 9.55. The van der Waals surface area contributed by atoms with E-state index in [1.165, 1.54) is 18.3 Å². The SMILES string of the molecule is CC1N2C=CC(C(F)(F)F)=CC2=NC1(C)CCC(Cc1ccc(OC(F)(F)F)cc1)S(=O)(=O)CCBr. The van der Waals surface area contributed by atoms with E-state index in [9.17, 15) is 34.8 Å². The molecule has 0 saturated heterocycles. The molecule has 0 aliphatic carbocycles. The molecule has 0 saturated carbocycles. The maximum Gasteiger partial charge on any atom is 0.573 e. The van der Waals surface area contributed by atoms with Crippen molar-refractivity contribution in [2.45, 2.75) is 62.5 Å². The summed E-state index contributed by atoms with van der Waals surface area (Å²) in [6.07, 6.45) is -5.55. The lowest BCUT2D eigenvalue weighted by Gasteiger charge is -2.32. The molecule has 0 N–H and O–H groups in total. The summed E-state index contributed by atoms with van der Waals surface area (Å²) in [5, 5.41) is -0.646. The number of nitrogens with zero attached hydrogens (tertiary/aromatic N) is 2. The predicted molar refractivity (Wildman–Crippen MR) is 128 cm³/mol. The van der Waals surface area contributed by atoms with E-state index in [2.05, 4.69) is 25.7 Å². The molecule has 2 heterocycles. The van der Waals surface area contributed by atoms with Crippen LogP contribution in [0.2, 0.25) is 0 Å². The fourth-order valence-corrected chi connectivity index (χ4v) is 7.06. The van der Waals surface area contributed by atoms with Gasteiger partial charge in [-0.3, -0.25) is 4.99 Å². The van der Waals surface area contributed by atoms with E-state index in [-0.39, 0.29) is 42.2 Å². The van der Waals surface area contributed by atoms with Crippen molar-refractivity contribution in [3.63, 3.8) is 0 Å². The smallest absolute Gasteiger partial charge is 0.406 e. The van der Waals surface area contributed by atoms with Crippen molar-refractivity contribution >= 4 is 31.6 Å². The molecule has 3 atom stereocenters. The van der Waals surface area contributed by atoms with Crippen LogP contribution in [-0.2, 0) is 16.3 Å². The molecule has 5 nitrogen and oxygen atoms in total. The molecule has 2 aliphatic rings. The Labute approximate surface area is 213 Å². The number of rotatable bonds is 9. The molecule has 3 unspecified atom stereocenters. The maximum atomic E-state index is 13.1. The molecule has 1 aromatic rings. The van der Waals surface area contributed by atoms with E-state index >= 15 is 0 Å². The van der Waals surface area contributed by atoms with Gasteiger partial charge in [-0.1, -0.05) is 28.1 Å². The first-order valence-corrected chi connectivity index (χ1v) is 13.9. The number of fused-ring (bicyclic) bond motifs is 1. The number of hydrogen-bond donors (Lipinski definition) is 0. The highest BCUT2D eigenvalue weighted by molar-refractivity contribution is 9.09. The predicted octanol–water partition coefficient (Wildman–Crippen LogP) is 5.96. The minimum absolute atomic E-state index is 0.0599. The highest BCUT2D eigenvalue weighted by Crippen LogP contribution is 2.38. The molecule has 0 radical (unpaired) electrons. The molecule has 13 heteroatoms. The van der Waals surface area contributed by atoms with Gasteiger partial charge >= 0.3 is 12.5 Å². The van der Waals surface area contributed by atoms with Gasteiger partial charge in [0.2, 0.25) is 0 Å². The second-order valence-electron chi connectivity index (χ2n) is 8.94. The molecule has 0 amide bonds. The lowest BCUT2D eigenvalue weighted by molar-refractivity contribution is -0.274. The number of sulfone groups is 1. The fourth-order valence-electron chi connectivity index (χ4n) is 4.24. The molecule has 0 fully saturated rings. The Balaban J connectivity index is 1.79. The van der Waals surface area contributed by atoms with E-state index in [1.54, 1.807) is 11.8 Å². The third kappa shape index (κ3) is 6.84. The van der Waals surface area contributed by atoms with Gasteiger partial charge in [-0.05, 0) is 63.0 Å². The summed E-state index contributed by atoms with van der Waals surface area (Å²) >= 11 is 3.14. The highest BCUT2D eigenvalue weighted by Gasteiger charge is 2.44. The molecule has 200 valence electrons. The van der Waals surface area contributed by atoms with Crippen LogP contribution in [0.25, 0.3) is 0 Å². The summed E-state index contributed by atoms with van der Waals surface area (Å²) < 4.78 is 106. The first-order chi connectivity index (χ1) is 16.5. The van der Waals surface area contributed by atoms with Crippen LogP contribution in [0.4, 0.5) is 26.3 Å². The normalized spacial score (nSPS) is 23.2. The summed E-state index contributed by atoms with van der Waals surface area (Å²) in [7, 11) is -3.59. The maximum absolute atomic E-state index is 13.1. The average Bonchev–Trinajstić information content (AvgIpc) is 3.00. The molecule has 0 spiro atoms. The zero-order valence-corrected chi connectivity index (χ0v) is 21.8. The molecule has 2 aliphatic heterocycles. The fraction of sp³-hybridized carbons (Fsp3) is 0.522. The third-order valence-electron chi connectivity index (χ3n) is 6.44. The average molecular weight is 603 g/mol. The van der Waals surface area contributed by atoms with Crippen LogP contribution in [0, 0.1) is 0 Å². The Morgan fingerprint density at radius 2 is 1.81 bits per heavy atom. The monoisotopic (exact) mass is 602 g/mol. The van der Waals surface area contributed by atoms with Gasteiger partial charge in [0.1, 0.15) is 11.6 Å². The lowest BCUT2D eigenvalue weighted by atomic mass is 9.88. The summed E-state index contributed by atoms with van der Waals surface area (Å²) in [6.45, 7) is 3.59. The Kier molecular flexibility index (Phi) is 8.24. The molecule has 36 heavy (non-hydrogen) atoms. The largest absolute Gasteiger partial charge is 0.573 e. The molecule has 1 aromatic carbocycles. The number of hydrogen-bond acceptors (Lipinski definition) is 5. The zero-order valence-electron chi connectivity index (χ0n) is 19.4. The van der Waals surface area contributed by atoms with Crippen molar-refractivity contribution in [1.82, 2.24) is 4.90 Å². The van der Waals surface area contributed by atoms with E-state index < -0.39 is 44.5 Å². The number of alkyl halides is 7. The summed E-state index contributed by atoms with van der Waals surface area (Å²) in [6, 6.07) is 4.70. The first kappa shape index (κ1) is 28.5. The van der Waals surface area contributed by atoms with Crippen molar-refractivity contribution in [1.29, 1.82) is 0 Å². The van der Waals surface area contributed by atoms with E-state index in [1.807, 2.05) is 6.92 Å². The van der Waals surface area contributed by atoms with Gasteiger partial charge < -0.3 is 9.64 Å². The van der Waals surface area contributed by atoms with Gasteiger partial charge in [-0.25, -0.2) is 8.42 Å². The van der Waals surface area contributed by atoms with Crippen molar-refractivity contribution < 1.29 is 39.5 Å². The number of aliphatic imine (C=N–C) groups is 1. The minimum atomic E-state index is -4.84. The number of benzene rings is 1. The van der Waals surface area contributed by atoms with Crippen molar-refractivity contribution in [2.75, 3.05) is 11.1 Å². The molecular formula is C23H25BrF6N2O3S. The van der Waals surface area contributed by atoms with Crippen LogP contribution in [0.1, 0.15) is 32.3 Å². The zero-order chi connectivity index (χ0) is 26.9. The summed E-state index contributed by atoms with van der Waals surface area (Å²) in [5.74, 6) is -0.384. The molecular weight excluding hydrogens is 578 g/mol. The van der Waals surface area contributed by atoms with Crippen LogP contribution in [0.5, 0.6) is 5.75 Å². The number of allylic oxidation sites excluding steroid dienone is 2. The standard InChI is InChI=1S/C23H25BrF6N2O3S/c1-15-21(2,31-20-14-17(22(25,26)27)8-11-32(15)20)9-7-19(36(33,34)12-10-24)13-16-3-5-18(6-4-16)35-23(28,29)30/h3-6,8,11,14-15,19H,7,9-10,12-13H2,1-2H3. The second kappa shape index (κ2) is 10.4. The van der Waals surface area contributed by atoms with Crippen LogP contribution < -0.4 is 4.74 Å². The van der Waals surface area contributed by atoms with Gasteiger partial charge in [0.15, 0.2) is 9.84 Å². The van der Waals surface area contributed by atoms with E-state index in [4.69, 9.17) is 0 Å². The highest BCUT2D eigenvalue weighted by atomic mass is 79.9. The Hall–Kier alpha value is -2.02. The topological polar surface area (TPSA) is 59.0 Å². The van der Waals surface area contributed by atoms with Crippen molar-refractivity contribution in [2.24, 2.45) is 4.99 Å². The Morgan fingerprint density at radius 1 is 1.17 bits per heavy atom. The van der Waals surface area contributed by atoms with Gasteiger partial charge in [0.05, 0.1) is 28.2 Å². The second-order valence-corrected chi connectivity index (χ2v) is 12.1. The molecule has 0 bridgehead atoms. The number of amidine groups is 1. The van der Waals surface area contributed by atoms with E-state index in [0.29, 0.717) is 5.56 Å². The van der Waals surface area contributed by atoms with Crippen LogP contribution >= 0.6 is 15.9 Å². The quantitative estimate of drug-likeness (QED) is 0.258. The number of ether oxygens (including phenoxy) is 1. The van der Waals surface area contributed by atoms with Gasteiger partial charge in [-0.2, -0.15) is 13.2 Å². The lowest BCUT2D eigenvalue weighted by Crippen LogP contribution is -2.42. The Morgan fingerprint density at radius 3 is 2.36 bits per heavy atom. The van der Waals surface area contributed by atoms with Crippen molar-refractivity contribution in [3.8, 4) is 5.75 Å². The van der Waals surface area contributed by atoms with Gasteiger partial charge in [0, 0.05) is 11.5 Å². The molecule has 3 rings (SSSR count). The van der Waals surface area contributed by atoms with Crippen molar-refractivity contribution in [3.05, 3.63) is 53.8 Å². The minimum Gasteiger partial charge on any atom is -0.406 e. The van der Waals surface area contributed by atoms with E-state index in [0.717, 1.165) is 24.3 Å². The van der Waals surface area contributed by atoms with Crippen LogP contribution in [-0.4, -0.2) is 59.6 Å².